The Bertz CT molecular complexity index is 411. The molecule has 2 rings (SSSR count). The molecule has 0 saturated carbocycles. The van der Waals surface area contributed by atoms with Gasteiger partial charge in [0.2, 0.25) is 0 Å². The maximum absolute atomic E-state index is 5.08. The first-order chi connectivity index (χ1) is 7.34. The van der Waals surface area contributed by atoms with Crippen molar-refractivity contribution in [2.24, 2.45) is 0 Å². The van der Waals surface area contributed by atoms with Gasteiger partial charge in [0.1, 0.15) is 0 Å². The Morgan fingerprint density at radius 3 is 2.73 bits per heavy atom. The van der Waals surface area contributed by atoms with Crippen LogP contribution in [-0.4, -0.2) is 10.1 Å². The van der Waals surface area contributed by atoms with Crippen molar-refractivity contribution in [3.8, 4) is 0 Å². The number of aromatic nitrogens is 2. The molecule has 0 radical (unpaired) electrons. The van der Waals surface area contributed by atoms with Crippen LogP contribution in [0.15, 0.2) is 35.1 Å². The maximum atomic E-state index is 5.08. The average Bonchev–Trinajstić information content (AvgIpc) is 2.66. The topological polar surface area (TPSA) is 51.0 Å². The van der Waals surface area contributed by atoms with E-state index >= 15 is 0 Å². The Morgan fingerprint density at radius 2 is 2.07 bits per heavy atom. The predicted molar refractivity (Wildman–Crippen MR) is 56.0 cm³/mol. The van der Waals surface area contributed by atoms with Gasteiger partial charge in [0.05, 0.1) is 12.2 Å². The fourth-order valence-corrected chi connectivity index (χ4v) is 1.33. The van der Waals surface area contributed by atoms with Crippen LogP contribution in [0.25, 0.3) is 0 Å². The molecule has 0 saturated heterocycles. The highest BCUT2D eigenvalue weighted by molar-refractivity contribution is 5.09. The van der Waals surface area contributed by atoms with Gasteiger partial charge in [-0.1, -0.05) is 5.16 Å². The Morgan fingerprint density at radius 1 is 1.27 bits per heavy atom. The molecule has 15 heavy (non-hydrogen) atoms. The molecular formula is C11H13N3O. The summed E-state index contributed by atoms with van der Waals surface area (Å²) in [5.41, 5.74) is 2.12. The summed E-state index contributed by atoms with van der Waals surface area (Å²) in [4.78, 5) is 3.96. The van der Waals surface area contributed by atoms with Crippen molar-refractivity contribution in [2.45, 2.75) is 20.0 Å². The van der Waals surface area contributed by atoms with Gasteiger partial charge in [-0.2, -0.15) is 0 Å². The second-order valence-electron chi connectivity index (χ2n) is 3.39. The van der Waals surface area contributed by atoms with Crippen LogP contribution in [0.3, 0.4) is 0 Å². The molecule has 0 aliphatic heterocycles. The molecule has 2 aromatic heterocycles. The van der Waals surface area contributed by atoms with Crippen LogP contribution >= 0.6 is 0 Å². The molecule has 4 nitrogen and oxygen atoms in total. The lowest BCUT2D eigenvalue weighted by Gasteiger charge is -2.01. The molecule has 0 bridgehead atoms. The number of hydrogen-bond donors (Lipinski definition) is 1. The van der Waals surface area contributed by atoms with Gasteiger partial charge < -0.3 is 9.84 Å². The Labute approximate surface area is 88.3 Å². The van der Waals surface area contributed by atoms with E-state index in [2.05, 4.69) is 15.5 Å². The monoisotopic (exact) mass is 203 g/mol. The normalized spacial score (nSPS) is 10.5. The molecule has 1 N–H and O–H groups in total. The van der Waals surface area contributed by atoms with Gasteiger partial charge in [-0.25, -0.2) is 0 Å². The summed E-state index contributed by atoms with van der Waals surface area (Å²) in [6, 6.07) is 5.90. The van der Waals surface area contributed by atoms with E-state index in [1.165, 1.54) is 5.56 Å². The van der Waals surface area contributed by atoms with Crippen molar-refractivity contribution >= 4 is 0 Å². The number of aryl methyl sites for hydroxylation is 1. The van der Waals surface area contributed by atoms with Crippen molar-refractivity contribution < 1.29 is 4.52 Å². The quantitative estimate of drug-likeness (QED) is 0.821. The minimum atomic E-state index is 0.698. The largest absolute Gasteiger partial charge is 0.360 e. The first-order valence-electron chi connectivity index (χ1n) is 4.86. The van der Waals surface area contributed by atoms with Crippen LogP contribution in [0.1, 0.15) is 17.0 Å². The highest BCUT2D eigenvalue weighted by Crippen LogP contribution is 2.02. The molecule has 2 aromatic rings. The van der Waals surface area contributed by atoms with Crippen LogP contribution in [0, 0.1) is 6.92 Å². The number of hydrogen-bond acceptors (Lipinski definition) is 4. The lowest BCUT2D eigenvalue weighted by atomic mass is 10.2. The number of nitrogens with zero attached hydrogens (tertiary/aromatic N) is 2. The molecule has 0 aromatic carbocycles. The van der Waals surface area contributed by atoms with E-state index in [4.69, 9.17) is 4.52 Å². The van der Waals surface area contributed by atoms with E-state index < -0.39 is 0 Å². The molecule has 78 valence electrons. The van der Waals surface area contributed by atoms with E-state index in [1.807, 2.05) is 25.1 Å². The van der Waals surface area contributed by atoms with Crippen LogP contribution in [0.4, 0.5) is 0 Å². The summed E-state index contributed by atoms with van der Waals surface area (Å²) in [6.45, 7) is 3.42. The third-order valence-electron chi connectivity index (χ3n) is 2.05. The van der Waals surface area contributed by atoms with Crippen molar-refractivity contribution in [2.75, 3.05) is 0 Å². The molecule has 0 amide bonds. The minimum absolute atomic E-state index is 0.698. The average molecular weight is 203 g/mol. The second kappa shape index (κ2) is 4.70. The van der Waals surface area contributed by atoms with Crippen LogP contribution < -0.4 is 5.32 Å². The van der Waals surface area contributed by atoms with Crippen molar-refractivity contribution in [3.63, 3.8) is 0 Å². The van der Waals surface area contributed by atoms with Crippen molar-refractivity contribution in [3.05, 3.63) is 47.6 Å². The molecular weight excluding hydrogens is 190 g/mol. The fraction of sp³-hybridized carbons (Fsp3) is 0.273. The van der Waals surface area contributed by atoms with Gasteiger partial charge >= 0.3 is 0 Å². The van der Waals surface area contributed by atoms with E-state index in [9.17, 15) is 0 Å². The first kappa shape index (κ1) is 9.86. The molecule has 0 aliphatic rings. The van der Waals surface area contributed by atoms with Crippen molar-refractivity contribution in [1.29, 1.82) is 0 Å². The highest BCUT2D eigenvalue weighted by atomic mass is 16.5. The Kier molecular flexibility index (Phi) is 3.09. The van der Waals surface area contributed by atoms with Crippen LogP contribution in [-0.2, 0) is 13.1 Å². The summed E-state index contributed by atoms with van der Waals surface area (Å²) in [5.74, 6) is 0.863. The second-order valence-corrected chi connectivity index (χ2v) is 3.39. The van der Waals surface area contributed by atoms with Gasteiger partial charge in [-0.05, 0) is 24.6 Å². The molecule has 2 heterocycles. The SMILES string of the molecule is Cc1cc(CNCc2ccncc2)on1. The zero-order valence-electron chi connectivity index (χ0n) is 8.60. The maximum Gasteiger partial charge on any atom is 0.150 e. The van der Waals surface area contributed by atoms with E-state index in [0.717, 1.165) is 18.0 Å². The number of nitrogens with one attached hydrogen (secondary N) is 1. The van der Waals surface area contributed by atoms with E-state index in [0.29, 0.717) is 6.54 Å². The Balaban J connectivity index is 1.80. The smallest absolute Gasteiger partial charge is 0.150 e. The third-order valence-corrected chi connectivity index (χ3v) is 2.05. The Hall–Kier alpha value is -1.68. The molecule has 0 aliphatic carbocycles. The lowest BCUT2D eigenvalue weighted by Crippen LogP contribution is -2.11. The summed E-state index contributed by atoms with van der Waals surface area (Å²) in [5, 5.41) is 7.09. The zero-order valence-corrected chi connectivity index (χ0v) is 8.60. The van der Waals surface area contributed by atoms with Crippen LogP contribution in [0.5, 0.6) is 0 Å². The summed E-state index contributed by atoms with van der Waals surface area (Å²) in [7, 11) is 0. The number of rotatable bonds is 4. The standard InChI is InChI=1S/C11H13N3O/c1-9-6-11(15-14-9)8-13-7-10-2-4-12-5-3-10/h2-6,13H,7-8H2,1H3. The molecule has 0 fully saturated rings. The van der Waals surface area contributed by atoms with Crippen LogP contribution in [0.2, 0.25) is 0 Å². The van der Waals surface area contributed by atoms with Gasteiger partial charge in [0.25, 0.3) is 0 Å². The van der Waals surface area contributed by atoms with Crippen molar-refractivity contribution in [1.82, 2.24) is 15.5 Å². The molecule has 0 spiro atoms. The summed E-state index contributed by atoms with van der Waals surface area (Å²) < 4.78 is 5.08. The summed E-state index contributed by atoms with van der Waals surface area (Å²) >= 11 is 0. The zero-order chi connectivity index (χ0) is 10.5. The lowest BCUT2D eigenvalue weighted by molar-refractivity contribution is 0.369. The molecule has 0 unspecified atom stereocenters. The van der Waals surface area contributed by atoms with Gasteiger partial charge in [0.15, 0.2) is 5.76 Å². The minimum Gasteiger partial charge on any atom is -0.360 e. The molecule has 4 heteroatoms. The highest BCUT2D eigenvalue weighted by Gasteiger charge is 1.99. The predicted octanol–water partition coefficient (Wildman–Crippen LogP) is 1.67. The fourth-order valence-electron chi connectivity index (χ4n) is 1.33. The van der Waals surface area contributed by atoms with E-state index in [1.54, 1.807) is 12.4 Å². The number of pyridine rings is 1. The van der Waals surface area contributed by atoms with Gasteiger partial charge in [-0.15, -0.1) is 0 Å². The van der Waals surface area contributed by atoms with E-state index in [-0.39, 0.29) is 0 Å². The summed E-state index contributed by atoms with van der Waals surface area (Å²) in [6.07, 6.45) is 3.57. The third kappa shape index (κ3) is 2.89. The van der Waals surface area contributed by atoms with Gasteiger partial charge in [0, 0.05) is 25.0 Å². The first-order valence-corrected chi connectivity index (χ1v) is 4.86. The van der Waals surface area contributed by atoms with Gasteiger partial charge in [-0.3, -0.25) is 4.98 Å². The molecule has 0 atom stereocenters.